The van der Waals surface area contributed by atoms with Crippen LogP contribution in [0.5, 0.6) is 0 Å². The SMILES string of the molecule is CCC1CC2(C)CC3c4oc5ccc(C)cc5c4CCN(C2)C13C. The van der Waals surface area contributed by atoms with Gasteiger partial charge in [0, 0.05) is 35.5 Å². The molecule has 0 amide bonds. The van der Waals surface area contributed by atoms with Crippen LogP contribution in [-0.2, 0) is 6.42 Å². The van der Waals surface area contributed by atoms with E-state index in [1.165, 1.54) is 54.6 Å². The van der Waals surface area contributed by atoms with Gasteiger partial charge in [-0.15, -0.1) is 0 Å². The number of furan rings is 1. The molecule has 128 valence electrons. The van der Waals surface area contributed by atoms with Crippen LogP contribution in [0.15, 0.2) is 22.6 Å². The lowest BCUT2D eigenvalue weighted by Gasteiger charge is -2.64. The van der Waals surface area contributed by atoms with Gasteiger partial charge in [0.15, 0.2) is 0 Å². The van der Waals surface area contributed by atoms with Crippen molar-refractivity contribution in [3.05, 3.63) is 35.1 Å². The minimum absolute atomic E-state index is 0.278. The fraction of sp³-hybridized carbons (Fsp3) is 0.636. The molecular formula is C22H29NO. The molecular weight excluding hydrogens is 294 g/mol. The zero-order chi connectivity index (χ0) is 16.7. The third-order valence-corrected chi connectivity index (χ3v) is 7.64. The highest BCUT2D eigenvalue weighted by atomic mass is 16.3. The molecule has 5 unspecified atom stereocenters. The van der Waals surface area contributed by atoms with Crippen LogP contribution in [0.2, 0.25) is 0 Å². The maximum Gasteiger partial charge on any atom is 0.134 e. The summed E-state index contributed by atoms with van der Waals surface area (Å²) >= 11 is 0. The first kappa shape index (κ1) is 15.0. The van der Waals surface area contributed by atoms with Gasteiger partial charge in [-0.3, -0.25) is 4.90 Å². The monoisotopic (exact) mass is 323 g/mol. The molecule has 6 rings (SSSR count). The molecule has 2 aromatic rings. The summed E-state index contributed by atoms with van der Waals surface area (Å²) in [5, 5.41) is 1.37. The second kappa shape index (κ2) is 4.66. The Hall–Kier alpha value is -1.28. The lowest BCUT2D eigenvalue weighted by Crippen LogP contribution is -2.67. The highest BCUT2D eigenvalue weighted by Crippen LogP contribution is 2.62. The average Bonchev–Trinajstić information content (AvgIpc) is 2.87. The van der Waals surface area contributed by atoms with Crippen LogP contribution in [0.3, 0.4) is 0 Å². The number of hydrogen-bond acceptors (Lipinski definition) is 2. The summed E-state index contributed by atoms with van der Waals surface area (Å²) in [6.07, 6.45) is 5.11. The van der Waals surface area contributed by atoms with Gasteiger partial charge in [0.1, 0.15) is 11.3 Å². The molecule has 0 N–H and O–H groups in total. The number of hydrogen-bond donors (Lipinski definition) is 0. The predicted octanol–water partition coefficient (Wildman–Crippen LogP) is 5.28. The van der Waals surface area contributed by atoms with E-state index in [-0.39, 0.29) is 5.54 Å². The largest absolute Gasteiger partial charge is 0.460 e. The zero-order valence-electron chi connectivity index (χ0n) is 15.5. The smallest absolute Gasteiger partial charge is 0.134 e. The molecule has 5 atom stereocenters. The van der Waals surface area contributed by atoms with Gasteiger partial charge in [-0.25, -0.2) is 0 Å². The first-order chi connectivity index (χ1) is 11.4. The quantitative estimate of drug-likeness (QED) is 0.710. The second-order valence-corrected chi connectivity index (χ2v) is 9.22. The number of benzene rings is 1. The van der Waals surface area contributed by atoms with E-state index in [2.05, 4.69) is 50.8 Å². The Labute approximate surface area is 145 Å². The highest BCUT2D eigenvalue weighted by Gasteiger charge is 2.61. The van der Waals surface area contributed by atoms with Gasteiger partial charge >= 0.3 is 0 Å². The van der Waals surface area contributed by atoms with Crippen molar-refractivity contribution in [1.29, 1.82) is 0 Å². The van der Waals surface area contributed by atoms with E-state index in [1.54, 1.807) is 0 Å². The number of aryl methyl sites for hydroxylation is 1. The molecule has 3 fully saturated rings. The first-order valence-electron chi connectivity index (χ1n) is 9.71. The normalized spacial score (nSPS) is 40.6. The molecule has 24 heavy (non-hydrogen) atoms. The van der Waals surface area contributed by atoms with Gasteiger partial charge in [0.2, 0.25) is 0 Å². The van der Waals surface area contributed by atoms with Crippen molar-refractivity contribution in [3.8, 4) is 0 Å². The molecule has 2 heteroatoms. The Morgan fingerprint density at radius 2 is 2.08 bits per heavy atom. The topological polar surface area (TPSA) is 16.4 Å². The van der Waals surface area contributed by atoms with E-state index >= 15 is 0 Å². The van der Waals surface area contributed by atoms with Crippen molar-refractivity contribution in [2.75, 3.05) is 13.1 Å². The Morgan fingerprint density at radius 3 is 2.88 bits per heavy atom. The molecule has 1 aliphatic carbocycles. The van der Waals surface area contributed by atoms with Crippen molar-refractivity contribution >= 4 is 11.0 Å². The molecule has 4 aliphatic rings. The van der Waals surface area contributed by atoms with E-state index in [0.29, 0.717) is 11.3 Å². The van der Waals surface area contributed by atoms with Crippen LogP contribution < -0.4 is 0 Å². The van der Waals surface area contributed by atoms with Gasteiger partial charge in [0.05, 0.1) is 0 Å². The van der Waals surface area contributed by atoms with Crippen molar-refractivity contribution in [2.24, 2.45) is 11.3 Å². The van der Waals surface area contributed by atoms with Crippen LogP contribution >= 0.6 is 0 Å². The summed E-state index contributed by atoms with van der Waals surface area (Å²) in [5.41, 5.74) is 4.68. The minimum atomic E-state index is 0.278. The average molecular weight is 323 g/mol. The van der Waals surface area contributed by atoms with E-state index in [9.17, 15) is 0 Å². The standard InChI is InChI=1S/C22H29NO/c1-5-15-11-21(3)12-18-20-16(8-9-23(13-21)22(15,18)4)17-10-14(2)6-7-19(17)24-20/h6-7,10,15,18H,5,8-9,11-13H2,1-4H3. The molecule has 0 spiro atoms. The van der Waals surface area contributed by atoms with E-state index < -0.39 is 0 Å². The third kappa shape index (κ3) is 1.76. The predicted molar refractivity (Wildman–Crippen MR) is 98.5 cm³/mol. The molecule has 2 nitrogen and oxygen atoms in total. The number of rotatable bonds is 1. The van der Waals surface area contributed by atoms with Gasteiger partial charge in [-0.05, 0) is 56.6 Å². The maximum absolute atomic E-state index is 6.54. The van der Waals surface area contributed by atoms with Crippen LogP contribution in [0.25, 0.3) is 11.0 Å². The summed E-state index contributed by atoms with van der Waals surface area (Å²) in [4.78, 5) is 2.83. The number of fused-ring (bicyclic) bond motifs is 4. The van der Waals surface area contributed by atoms with Crippen LogP contribution in [0.4, 0.5) is 0 Å². The van der Waals surface area contributed by atoms with Crippen LogP contribution in [-0.4, -0.2) is 23.5 Å². The maximum atomic E-state index is 6.54. The molecule has 3 aliphatic heterocycles. The minimum Gasteiger partial charge on any atom is -0.460 e. The summed E-state index contributed by atoms with van der Waals surface area (Å²) in [7, 11) is 0. The summed E-state index contributed by atoms with van der Waals surface area (Å²) < 4.78 is 6.54. The molecule has 1 saturated carbocycles. The molecule has 1 aromatic carbocycles. The Kier molecular flexibility index (Phi) is 2.92. The van der Waals surface area contributed by atoms with Crippen molar-refractivity contribution in [3.63, 3.8) is 0 Å². The summed E-state index contributed by atoms with van der Waals surface area (Å²) in [6.45, 7) is 12.1. The molecule has 2 saturated heterocycles. The fourth-order valence-electron chi connectivity index (χ4n) is 6.41. The fourth-order valence-corrected chi connectivity index (χ4v) is 6.41. The number of piperidine rings is 2. The summed E-state index contributed by atoms with van der Waals surface area (Å²) in [5.74, 6) is 2.67. The van der Waals surface area contributed by atoms with Gasteiger partial charge < -0.3 is 4.42 Å². The van der Waals surface area contributed by atoms with Gasteiger partial charge in [-0.2, -0.15) is 0 Å². The molecule has 1 aromatic heterocycles. The lowest BCUT2D eigenvalue weighted by molar-refractivity contribution is -0.127. The molecule has 0 radical (unpaired) electrons. The van der Waals surface area contributed by atoms with Crippen LogP contribution in [0.1, 0.15) is 62.8 Å². The highest BCUT2D eigenvalue weighted by molar-refractivity contribution is 5.83. The zero-order valence-corrected chi connectivity index (χ0v) is 15.5. The second-order valence-electron chi connectivity index (χ2n) is 9.22. The van der Waals surface area contributed by atoms with E-state index in [0.717, 1.165) is 17.9 Å². The lowest BCUT2D eigenvalue weighted by atomic mass is 9.52. The third-order valence-electron chi connectivity index (χ3n) is 7.64. The summed E-state index contributed by atoms with van der Waals surface area (Å²) in [6, 6.07) is 6.70. The van der Waals surface area contributed by atoms with E-state index in [1.807, 2.05) is 0 Å². The Balaban J connectivity index is 1.75. The Bertz CT molecular complexity index is 821. The first-order valence-corrected chi connectivity index (χ1v) is 9.71. The van der Waals surface area contributed by atoms with Crippen molar-refractivity contribution < 1.29 is 4.42 Å². The van der Waals surface area contributed by atoms with Crippen LogP contribution in [0, 0.1) is 18.3 Å². The molecule has 4 heterocycles. The van der Waals surface area contributed by atoms with Crippen molar-refractivity contribution in [1.82, 2.24) is 4.90 Å². The van der Waals surface area contributed by atoms with Crippen molar-refractivity contribution in [2.45, 2.75) is 64.8 Å². The van der Waals surface area contributed by atoms with Gasteiger partial charge in [-0.1, -0.05) is 31.9 Å². The van der Waals surface area contributed by atoms with Gasteiger partial charge in [0.25, 0.3) is 0 Å². The number of nitrogens with zero attached hydrogens (tertiary/aromatic N) is 1. The molecule has 4 bridgehead atoms. The Morgan fingerprint density at radius 1 is 1.25 bits per heavy atom. The van der Waals surface area contributed by atoms with E-state index in [4.69, 9.17) is 4.42 Å².